The van der Waals surface area contributed by atoms with E-state index >= 15 is 0 Å². The summed E-state index contributed by atoms with van der Waals surface area (Å²) in [7, 11) is 0. The number of hydrogen-bond acceptors (Lipinski definition) is 5. The van der Waals surface area contributed by atoms with Crippen molar-refractivity contribution < 1.29 is 23.7 Å². The van der Waals surface area contributed by atoms with Crippen LogP contribution in [0.3, 0.4) is 0 Å². The Hall–Kier alpha value is -1.33. The number of hydrogen-bond donors (Lipinski definition) is 0. The highest BCUT2D eigenvalue weighted by atomic mass is 16.6. The summed E-state index contributed by atoms with van der Waals surface area (Å²) in [5.74, 6) is -0.401. The quantitative estimate of drug-likeness (QED) is 0.249. The van der Waals surface area contributed by atoms with Gasteiger partial charge in [-0.15, -0.1) is 0 Å². The van der Waals surface area contributed by atoms with Crippen molar-refractivity contribution in [3.8, 4) is 0 Å². The van der Waals surface area contributed by atoms with Crippen LogP contribution in [0.2, 0.25) is 0 Å². The van der Waals surface area contributed by atoms with Gasteiger partial charge in [0.25, 0.3) is 0 Å². The Kier molecular flexibility index (Phi) is 9.84. The molecule has 0 radical (unpaired) electrons. The smallest absolute Gasteiger partial charge is 0.333 e. The third kappa shape index (κ3) is 10.3. The van der Waals surface area contributed by atoms with Crippen LogP contribution in [0.15, 0.2) is 25.0 Å². The van der Waals surface area contributed by atoms with E-state index in [1.807, 2.05) is 6.92 Å². The van der Waals surface area contributed by atoms with Gasteiger partial charge in [0.15, 0.2) is 0 Å². The van der Waals surface area contributed by atoms with Crippen LogP contribution >= 0.6 is 0 Å². The lowest BCUT2D eigenvalue weighted by Crippen LogP contribution is -2.25. The summed E-state index contributed by atoms with van der Waals surface area (Å²) in [4.78, 5) is 11.2. The maximum Gasteiger partial charge on any atom is 0.333 e. The van der Waals surface area contributed by atoms with Crippen LogP contribution in [0.1, 0.15) is 20.8 Å². The minimum absolute atomic E-state index is 0.0743. The van der Waals surface area contributed by atoms with Gasteiger partial charge in [-0.2, -0.15) is 0 Å². The summed E-state index contributed by atoms with van der Waals surface area (Å²) in [5, 5.41) is 0. The fourth-order valence-corrected chi connectivity index (χ4v) is 1.10. The van der Waals surface area contributed by atoms with E-state index in [1.54, 1.807) is 13.8 Å². The molecule has 5 heteroatoms. The van der Waals surface area contributed by atoms with Gasteiger partial charge in [0.1, 0.15) is 12.7 Å². The molecule has 0 heterocycles. The Labute approximate surface area is 115 Å². The Morgan fingerprint density at radius 1 is 1.21 bits per heavy atom. The summed E-state index contributed by atoms with van der Waals surface area (Å²) in [6.45, 7) is 14.0. The van der Waals surface area contributed by atoms with Crippen molar-refractivity contribution in [2.24, 2.45) is 0 Å². The van der Waals surface area contributed by atoms with Crippen LogP contribution in [0.4, 0.5) is 0 Å². The van der Waals surface area contributed by atoms with Crippen molar-refractivity contribution in [1.82, 2.24) is 0 Å². The summed E-state index contributed by atoms with van der Waals surface area (Å²) in [6, 6.07) is 0. The predicted octanol–water partition coefficient (Wildman–Crippen LogP) is 2.08. The molecule has 0 amide bonds. The van der Waals surface area contributed by atoms with Gasteiger partial charge in [-0.3, -0.25) is 0 Å². The molecule has 0 aliphatic carbocycles. The zero-order valence-corrected chi connectivity index (χ0v) is 12.0. The molecule has 0 bridgehead atoms. The van der Waals surface area contributed by atoms with Crippen molar-refractivity contribution in [3.05, 3.63) is 25.0 Å². The number of carbonyl (C=O) groups is 1. The molecule has 0 aliphatic rings. The minimum Gasteiger partial charge on any atom is -0.499 e. The van der Waals surface area contributed by atoms with Crippen LogP contribution in [0.5, 0.6) is 0 Å². The highest BCUT2D eigenvalue weighted by molar-refractivity contribution is 5.87. The molecule has 0 aromatic carbocycles. The number of carbonyl (C=O) groups excluding carboxylic acids is 1. The minimum atomic E-state index is -0.401. The monoisotopic (exact) mass is 272 g/mol. The fraction of sp³-hybridized carbons (Fsp3) is 0.643. The maximum absolute atomic E-state index is 11.2. The van der Waals surface area contributed by atoms with E-state index in [1.165, 1.54) is 6.26 Å². The first-order valence-electron chi connectivity index (χ1n) is 6.25. The Morgan fingerprint density at radius 2 is 1.89 bits per heavy atom. The molecule has 0 fully saturated rings. The lowest BCUT2D eigenvalue weighted by molar-refractivity contribution is -0.147. The first kappa shape index (κ1) is 17.7. The molecule has 2 unspecified atom stereocenters. The Balaban J connectivity index is 3.60. The first-order valence-corrected chi connectivity index (χ1v) is 6.25. The SMILES string of the molecule is C=COCCOCC(C)OCC(C)OC(=O)C(=C)C. The van der Waals surface area contributed by atoms with Gasteiger partial charge >= 0.3 is 5.97 Å². The van der Waals surface area contributed by atoms with Crippen molar-refractivity contribution in [2.75, 3.05) is 26.4 Å². The molecule has 5 nitrogen and oxygen atoms in total. The fourth-order valence-electron chi connectivity index (χ4n) is 1.10. The third-order valence-electron chi connectivity index (χ3n) is 2.09. The molecule has 0 saturated heterocycles. The summed E-state index contributed by atoms with van der Waals surface area (Å²) in [5.41, 5.74) is 0.380. The second kappa shape index (κ2) is 10.6. The molecular formula is C14H24O5. The van der Waals surface area contributed by atoms with E-state index < -0.39 is 5.97 Å². The molecule has 0 aromatic heterocycles. The molecule has 0 N–H and O–H groups in total. The average Bonchev–Trinajstić information content (AvgIpc) is 2.36. The summed E-state index contributed by atoms with van der Waals surface area (Å²) >= 11 is 0. The largest absolute Gasteiger partial charge is 0.499 e. The van der Waals surface area contributed by atoms with Gasteiger partial charge in [-0.1, -0.05) is 13.2 Å². The molecular weight excluding hydrogens is 248 g/mol. The second-order valence-electron chi connectivity index (χ2n) is 4.25. The van der Waals surface area contributed by atoms with E-state index in [9.17, 15) is 4.79 Å². The Bertz CT molecular complexity index is 288. The lowest BCUT2D eigenvalue weighted by atomic mass is 10.3. The van der Waals surface area contributed by atoms with E-state index in [-0.39, 0.29) is 12.2 Å². The zero-order valence-electron chi connectivity index (χ0n) is 12.0. The van der Waals surface area contributed by atoms with Gasteiger partial charge in [-0.25, -0.2) is 4.79 Å². The van der Waals surface area contributed by atoms with Crippen molar-refractivity contribution in [3.63, 3.8) is 0 Å². The van der Waals surface area contributed by atoms with Gasteiger partial charge < -0.3 is 18.9 Å². The normalized spacial score (nSPS) is 13.4. The third-order valence-corrected chi connectivity index (χ3v) is 2.09. The molecule has 2 atom stereocenters. The number of rotatable bonds is 11. The van der Waals surface area contributed by atoms with Crippen LogP contribution in [-0.4, -0.2) is 44.6 Å². The number of ether oxygens (including phenoxy) is 4. The van der Waals surface area contributed by atoms with Crippen molar-refractivity contribution >= 4 is 5.97 Å². The molecule has 19 heavy (non-hydrogen) atoms. The maximum atomic E-state index is 11.2. The van der Waals surface area contributed by atoms with Crippen molar-refractivity contribution in [1.29, 1.82) is 0 Å². The average molecular weight is 272 g/mol. The second-order valence-corrected chi connectivity index (χ2v) is 4.25. The number of esters is 1. The topological polar surface area (TPSA) is 54.0 Å². The highest BCUT2D eigenvalue weighted by Gasteiger charge is 2.12. The molecule has 0 spiro atoms. The van der Waals surface area contributed by atoms with Gasteiger partial charge in [0, 0.05) is 5.57 Å². The standard InChI is InChI=1S/C14H24O5/c1-6-16-7-8-17-9-12(4)18-10-13(5)19-14(15)11(2)3/h6,12-13H,1-2,7-10H2,3-5H3. The molecule has 0 aromatic rings. The Morgan fingerprint density at radius 3 is 2.47 bits per heavy atom. The lowest BCUT2D eigenvalue weighted by Gasteiger charge is -2.17. The predicted molar refractivity (Wildman–Crippen MR) is 72.8 cm³/mol. The zero-order chi connectivity index (χ0) is 14.7. The van der Waals surface area contributed by atoms with Gasteiger partial charge in [-0.05, 0) is 20.8 Å². The van der Waals surface area contributed by atoms with E-state index in [2.05, 4.69) is 13.2 Å². The van der Waals surface area contributed by atoms with Crippen molar-refractivity contribution in [2.45, 2.75) is 33.0 Å². The summed E-state index contributed by atoms with van der Waals surface area (Å²) in [6.07, 6.45) is 0.992. The molecule has 0 saturated carbocycles. The molecule has 110 valence electrons. The molecule has 0 aliphatic heterocycles. The molecule has 0 rings (SSSR count). The van der Waals surface area contributed by atoms with Crippen LogP contribution in [-0.2, 0) is 23.7 Å². The van der Waals surface area contributed by atoms with E-state index in [0.29, 0.717) is 32.0 Å². The highest BCUT2D eigenvalue weighted by Crippen LogP contribution is 2.01. The van der Waals surface area contributed by atoms with Crippen LogP contribution in [0.25, 0.3) is 0 Å². The van der Waals surface area contributed by atoms with Crippen LogP contribution < -0.4 is 0 Å². The van der Waals surface area contributed by atoms with Gasteiger partial charge in [0.2, 0.25) is 0 Å². The van der Waals surface area contributed by atoms with Gasteiger partial charge in [0.05, 0.1) is 32.2 Å². The van der Waals surface area contributed by atoms with E-state index in [4.69, 9.17) is 18.9 Å². The first-order chi connectivity index (χ1) is 8.97. The van der Waals surface area contributed by atoms with E-state index in [0.717, 1.165) is 0 Å². The van der Waals surface area contributed by atoms with Crippen LogP contribution in [0, 0.1) is 0 Å². The summed E-state index contributed by atoms with van der Waals surface area (Å²) < 4.78 is 20.8.